The highest BCUT2D eigenvalue weighted by Crippen LogP contribution is 2.40. The zero-order valence-electron chi connectivity index (χ0n) is 19.0. The maximum absolute atomic E-state index is 13.7. The number of ether oxygens (including phenoxy) is 1. The Hall–Kier alpha value is -1.82. The van der Waals surface area contributed by atoms with E-state index >= 15 is 0 Å². The van der Waals surface area contributed by atoms with Crippen LogP contribution < -0.4 is 10.1 Å². The Kier molecular flexibility index (Phi) is 8.14. The molecule has 0 amide bonds. The van der Waals surface area contributed by atoms with E-state index in [4.69, 9.17) is 9.73 Å². The minimum Gasteiger partial charge on any atom is -0.488 e. The van der Waals surface area contributed by atoms with Crippen molar-refractivity contribution in [1.29, 1.82) is 0 Å². The van der Waals surface area contributed by atoms with E-state index < -0.39 is 17.3 Å². The van der Waals surface area contributed by atoms with Gasteiger partial charge in [-0.05, 0) is 84.0 Å². The minimum absolute atomic E-state index is 0.150. The van der Waals surface area contributed by atoms with Crippen molar-refractivity contribution in [2.75, 3.05) is 6.54 Å². The summed E-state index contributed by atoms with van der Waals surface area (Å²) in [5.41, 5.74) is 0.669. The summed E-state index contributed by atoms with van der Waals surface area (Å²) in [6, 6.07) is 4.48. The monoisotopic (exact) mass is 424 g/mol. The molecule has 1 unspecified atom stereocenters. The maximum Gasteiger partial charge on any atom is 0.419 e. The molecule has 0 aromatic heterocycles. The van der Waals surface area contributed by atoms with Gasteiger partial charge >= 0.3 is 6.18 Å². The lowest BCUT2D eigenvalue weighted by Gasteiger charge is -2.24. The van der Waals surface area contributed by atoms with E-state index in [1.807, 2.05) is 20.8 Å². The molecule has 0 bridgehead atoms. The van der Waals surface area contributed by atoms with E-state index in [0.29, 0.717) is 17.2 Å². The summed E-state index contributed by atoms with van der Waals surface area (Å²) in [6.07, 6.45) is 1.67. The number of aliphatic imine (C=N–C) groups is 1. The van der Waals surface area contributed by atoms with Crippen LogP contribution in [0.5, 0.6) is 5.75 Å². The first kappa shape index (κ1) is 24.4. The first-order valence-corrected chi connectivity index (χ1v) is 11.0. The van der Waals surface area contributed by atoms with Crippen molar-refractivity contribution >= 4 is 11.4 Å². The van der Waals surface area contributed by atoms with Gasteiger partial charge in [0.2, 0.25) is 0 Å². The second-order valence-corrected chi connectivity index (χ2v) is 8.56. The number of allylic oxidation sites excluding steroid dienone is 1. The summed E-state index contributed by atoms with van der Waals surface area (Å²) in [5, 5.41) is 3.47. The number of rotatable bonds is 5. The topological polar surface area (TPSA) is 33.6 Å². The van der Waals surface area contributed by atoms with Gasteiger partial charge in [-0.1, -0.05) is 19.9 Å². The highest BCUT2D eigenvalue weighted by Gasteiger charge is 2.37. The highest BCUT2D eigenvalue weighted by molar-refractivity contribution is 5.97. The molecule has 6 heteroatoms. The van der Waals surface area contributed by atoms with Gasteiger partial charge in [-0.15, -0.1) is 0 Å². The van der Waals surface area contributed by atoms with Crippen LogP contribution in [0.15, 0.2) is 29.3 Å². The van der Waals surface area contributed by atoms with E-state index in [1.54, 1.807) is 32.9 Å². The fourth-order valence-electron chi connectivity index (χ4n) is 3.53. The number of nitrogens with zero attached hydrogens (tertiary/aromatic N) is 1. The molecule has 1 aromatic rings. The summed E-state index contributed by atoms with van der Waals surface area (Å²) in [6.45, 7) is 12.0. The van der Waals surface area contributed by atoms with Gasteiger partial charge in [0, 0.05) is 17.3 Å². The van der Waals surface area contributed by atoms with Crippen molar-refractivity contribution in [3.63, 3.8) is 0 Å². The smallest absolute Gasteiger partial charge is 0.419 e. The normalized spacial score (nSPS) is 20.6. The summed E-state index contributed by atoms with van der Waals surface area (Å²) < 4.78 is 46.6. The lowest BCUT2D eigenvalue weighted by Crippen LogP contribution is -2.32. The minimum atomic E-state index is -4.49. The van der Waals surface area contributed by atoms with E-state index in [-0.39, 0.29) is 11.8 Å². The fourth-order valence-corrected chi connectivity index (χ4v) is 3.53. The molecule has 3 rings (SSSR count). The van der Waals surface area contributed by atoms with Gasteiger partial charge in [0.1, 0.15) is 11.4 Å². The first-order valence-electron chi connectivity index (χ1n) is 11.0. The standard InChI is InChI=1S/C22H29F3N2O.C2H6/c1-5-17(27-20(14-8-9-14)18-7-6-12-26-18)15-10-11-19(28-21(2,3)4)16(13-15)22(23,24)25;1-2/h5,10-11,13-14,18,26H,6-9,12H2,1-4H3;1-2H3/b17-5-,27-20?;. The van der Waals surface area contributed by atoms with Crippen LogP contribution in [0.25, 0.3) is 5.70 Å². The molecule has 0 radical (unpaired) electrons. The van der Waals surface area contributed by atoms with E-state index in [0.717, 1.165) is 44.0 Å². The summed E-state index contributed by atoms with van der Waals surface area (Å²) >= 11 is 0. The van der Waals surface area contributed by atoms with Crippen LogP contribution in [0.1, 0.15) is 78.4 Å². The van der Waals surface area contributed by atoms with Crippen LogP contribution in [0.4, 0.5) is 13.2 Å². The van der Waals surface area contributed by atoms with Crippen molar-refractivity contribution in [2.45, 2.75) is 85.0 Å². The molecule has 1 heterocycles. The molecule has 2 aliphatic rings. The Morgan fingerprint density at radius 1 is 1.13 bits per heavy atom. The van der Waals surface area contributed by atoms with Gasteiger partial charge in [-0.3, -0.25) is 4.99 Å². The van der Waals surface area contributed by atoms with Gasteiger partial charge in [0.15, 0.2) is 0 Å². The summed E-state index contributed by atoms with van der Waals surface area (Å²) in [5.74, 6) is 0.305. The van der Waals surface area contributed by atoms with Crippen LogP contribution in [-0.2, 0) is 6.18 Å². The quantitative estimate of drug-likeness (QED) is 0.523. The number of nitrogens with one attached hydrogen (secondary N) is 1. The van der Waals surface area contributed by atoms with Gasteiger partial charge in [-0.2, -0.15) is 13.2 Å². The van der Waals surface area contributed by atoms with Crippen LogP contribution in [-0.4, -0.2) is 23.9 Å². The van der Waals surface area contributed by atoms with Crippen LogP contribution in [0.2, 0.25) is 0 Å². The van der Waals surface area contributed by atoms with Crippen LogP contribution in [0, 0.1) is 5.92 Å². The summed E-state index contributed by atoms with van der Waals surface area (Å²) in [7, 11) is 0. The highest BCUT2D eigenvalue weighted by atomic mass is 19.4. The van der Waals surface area contributed by atoms with Crippen molar-refractivity contribution in [3.8, 4) is 5.75 Å². The Bertz CT molecular complexity index is 766. The average molecular weight is 425 g/mol. The predicted molar refractivity (Wildman–Crippen MR) is 118 cm³/mol. The third-order valence-electron chi connectivity index (χ3n) is 4.93. The lowest BCUT2D eigenvalue weighted by atomic mass is 10.0. The number of alkyl halides is 3. The molecule has 1 aliphatic carbocycles. The van der Waals surface area contributed by atoms with Crippen molar-refractivity contribution in [1.82, 2.24) is 5.32 Å². The largest absolute Gasteiger partial charge is 0.488 e. The predicted octanol–water partition coefficient (Wildman–Crippen LogP) is 6.87. The summed E-state index contributed by atoms with van der Waals surface area (Å²) in [4.78, 5) is 4.84. The van der Waals surface area contributed by atoms with E-state index in [2.05, 4.69) is 5.32 Å². The molecule has 168 valence electrons. The Morgan fingerprint density at radius 3 is 2.27 bits per heavy atom. The molecular weight excluding hydrogens is 389 g/mol. The molecule has 1 N–H and O–H groups in total. The Labute approximate surface area is 178 Å². The molecule has 1 saturated carbocycles. The fraction of sp³-hybridized carbons (Fsp3) is 0.625. The number of benzene rings is 1. The SMILES string of the molecule is C/C=C(\N=C(C1CC1)C1CCCN1)c1ccc(OC(C)(C)C)c(C(F)(F)F)c1.CC. The third-order valence-corrected chi connectivity index (χ3v) is 4.93. The van der Waals surface area contributed by atoms with Gasteiger partial charge in [0.25, 0.3) is 0 Å². The zero-order chi connectivity index (χ0) is 22.5. The van der Waals surface area contributed by atoms with Crippen LogP contribution in [0.3, 0.4) is 0 Å². The molecule has 1 aromatic carbocycles. The molecule has 1 aliphatic heterocycles. The average Bonchev–Trinajstić information content (AvgIpc) is 3.36. The third kappa shape index (κ3) is 6.59. The van der Waals surface area contributed by atoms with Crippen molar-refractivity contribution in [3.05, 3.63) is 35.4 Å². The molecule has 30 heavy (non-hydrogen) atoms. The molecule has 1 saturated heterocycles. The van der Waals surface area contributed by atoms with Crippen molar-refractivity contribution in [2.24, 2.45) is 10.9 Å². The van der Waals surface area contributed by atoms with Gasteiger partial charge < -0.3 is 10.1 Å². The van der Waals surface area contributed by atoms with E-state index in [9.17, 15) is 13.2 Å². The number of hydrogen-bond donors (Lipinski definition) is 1. The second kappa shape index (κ2) is 9.99. The second-order valence-electron chi connectivity index (χ2n) is 8.56. The first-order chi connectivity index (χ1) is 14.1. The van der Waals surface area contributed by atoms with Gasteiger partial charge in [0.05, 0.1) is 11.3 Å². The molecule has 0 spiro atoms. The lowest BCUT2D eigenvalue weighted by molar-refractivity contribution is -0.139. The molecule has 2 fully saturated rings. The molecule has 3 nitrogen and oxygen atoms in total. The van der Waals surface area contributed by atoms with E-state index in [1.165, 1.54) is 6.07 Å². The number of hydrogen-bond acceptors (Lipinski definition) is 3. The van der Waals surface area contributed by atoms with Crippen molar-refractivity contribution < 1.29 is 17.9 Å². The number of halogens is 3. The molecular formula is C24H35F3N2O. The Balaban J connectivity index is 0.00000155. The zero-order valence-corrected chi connectivity index (χ0v) is 19.0. The maximum atomic E-state index is 13.7. The van der Waals surface area contributed by atoms with Crippen LogP contribution >= 0.6 is 0 Å². The molecule has 1 atom stereocenters. The Morgan fingerprint density at radius 2 is 1.80 bits per heavy atom. The van der Waals surface area contributed by atoms with Gasteiger partial charge in [-0.25, -0.2) is 0 Å².